The van der Waals surface area contributed by atoms with E-state index in [0.717, 1.165) is 12.1 Å². The van der Waals surface area contributed by atoms with Gasteiger partial charge in [-0.25, -0.2) is 0 Å². The maximum Gasteiger partial charge on any atom is 0.416 e. The number of nitro benzene ring substituents is 1. The topological polar surface area (TPSA) is 87.5 Å². The molecule has 2 rings (SSSR count). The SMILES string of the molecule is CC1CNCCN1C(=O)CCNc1ccc(C(F)(F)F)cc1[N+](=O)[O-]. The molecule has 138 valence electrons. The molecular weight excluding hydrogens is 341 g/mol. The first-order valence-corrected chi connectivity index (χ1v) is 7.80. The molecule has 1 aromatic carbocycles. The Morgan fingerprint density at radius 1 is 1.48 bits per heavy atom. The van der Waals surface area contributed by atoms with Gasteiger partial charge in [0.25, 0.3) is 5.69 Å². The van der Waals surface area contributed by atoms with E-state index in [4.69, 9.17) is 0 Å². The summed E-state index contributed by atoms with van der Waals surface area (Å²) in [7, 11) is 0. The number of halogens is 3. The van der Waals surface area contributed by atoms with Crippen LogP contribution in [0.5, 0.6) is 0 Å². The lowest BCUT2D eigenvalue weighted by Crippen LogP contribution is -2.52. The van der Waals surface area contributed by atoms with Gasteiger partial charge in [-0.3, -0.25) is 14.9 Å². The third-order valence-electron chi connectivity index (χ3n) is 4.00. The van der Waals surface area contributed by atoms with Crippen LogP contribution in [-0.2, 0) is 11.0 Å². The maximum absolute atomic E-state index is 12.7. The smallest absolute Gasteiger partial charge is 0.379 e. The van der Waals surface area contributed by atoms with E-state index in [-0.39, 0.29) is 30.6 Å². The van der Waals surface area contributed by atoms with Crippen LogP contribution in [0.4, 0.5) is 24.5 Å². The summed E-state index contributed by atoms with van der Waals surface area (Å²) in [5.74, 6) is -0.101. The third kappa shape index (κ3) is 4.81. The van der Waals surface area contributed by atoms with Gasteiger partial charge in [-0.05, 0) is 19.1 Å². The molecule has 1 unspecified atom stereocenters. The molecule has 2 N–H and O–H groups in total. The van der Waals surface area contributed by atoms with Crippen LogP contribution in [0.25, 0.3) is 0 Å². The Morgan fingerprint density at radius 3 is 2.80 bits per heavy atom. The van der Waals surface area contributed by atoms with Gasteiger partial charge in [0.2, 0.25) is 5.91 Å². The lowest BCUT2D eigenvalue weighted by molar-refractivity contribution is -0.384. The van der Waals surface area contributed by atoms with Crippen molar-refractivity contribution in [2.24, 2.45) is 0 Å². The molecule has 0 aromatic heterocycles. The normalized spacial score (nSPS) is 18.1. The number of rotatable bonds is 5. The van der Waals surface area contributed by atoms with Crippen molar-refractivity contribution in [2.45, 2.75) is 25.6 Å². The standard InChI is InChI=1S/C15H19F3N4O3/c1-10-9-19-6-7-21(10)14(23)4-5-20-12-3-2-11(15(16,17)18)8-13(12)22(24)25/h2-3,8,10,19-20H,4-7,9H2,1H3. The molecule has 1 aliphatic rings. The average Bonchev–Trinajstić information content (AvgIpc) is 2.54. The van der Waals surface area contributed by atoms with E-state index < -0.39 is 22.4 Å². The zero-order valence-corrected chi connectivity index (χ0v) is 13.6. The molecule has 1 atom stereocenters. The summed E-state index contributed by atoms with van der Waals surface area (Å²) in [6.45, 7) is 4.00. The van der Waals surface area contributed by atoms with E-state index in [1.54, 1.807) is 4.90 Å². The molecule has 1 fully saturated rings. The third-order valence-corrected chi connectivity index (χ3v) is 4.00. The van der Waals surface area contributed by atoms with Crippen molar-refractivity contribution in [3.05, 3.63) is 33.9 Å². The maximum atomic E-state index is 12.7. The minimum Gasteiger partial charge on any atom is -0.379 e. The quantitative estimate of drug-likeness (QED) is 0.621. The van der Waals surface area contributed by atoms with Crippen LogP contribution in [0, 0.1) is 10.1 Å². The fourth-order valence-corrected chi connectivity index (χ4v) is 2.67. The van der Waals surface area contributed by atoms with Crippen LogP contribution >= 0.6 is 0 Å². The second-order valence-corrected chi connectivity index (χ2v) is 5.80. The highest BCUT2D eigenvalue weighted by Crippen LogP contribution is 2.34. The molecule has 25 heavy (non-hydrogen) atoms. The first kappa shape index (κ1) is 19.0. The Kier molecular flexibility index (Phi) is 5.83. The molecular formula is C15H19F3N4O3. The Balaban J connectivity index is 2.00. The number of amides is 1. The minimum atomic E-state index is -4.66. The number of alkyl halides is 3. The molecule has 1 saturated heterocycles. The second kappa shape index (κ2) is 7.68. The summed E-state index contributed by atoms with van der Waals surface area (Å²) in [5, 5.41) is 16.9. The molecule has 7 nitrogen and oxygen atoms in total. The summed E-state index contributed by atoms with van der Waals surface area (Å²) in [6, 6.07) is 2.33. The Morgan fingerprint density at radius 2 is 2.20 bits per heavy atom. The fourth-order valence-electron chi connectivity index (χ4n) is 2.67. The van der Waals surface area contributed by atoms with Crippen LogP contribution in [0.2, 0.25) is 0 Å². The lowest BCUT2D eigenvalue weighted by Gasteiger charge is -2.34. The molecule has 1 aliphatic heterocycles. The Labute approximate surface area is 142 Å². The largest absolute Gasteiger partial charge is 0.416 e. The molecule has 0 bridgehead atoms. The van der Waals surface area contributed by atoms with E-state index in [1.165, 1.54) is 0 Å². The predicted molar refractivity (Wildman–Crippen MR) is 85.2 cm³/mol. The van der Waals surface area contributed by atoms with Gasteiger partial charge in [0.15, 0.2) is 0 Å². The first-order valence-electron chi connectivity index (χ1n) is 7.80. The Bertz CT molecular complexity index is 651. The number of nitro groups is 1. The summed E-state index contributed by atoms with van der Waals surface area (Å²) in [6.07, 6.45) is -4.56. The van der Waals surface area contributed by atoms with Crippen molar-refractivity contribution in [3.63, 3.8) is 0 Å². The zero-order valence-electron chi connectivity index (χ0n) is 13.6. The number of nitrogens with zero attached hydrogens (tertiary/aromatic N) is 2. The van der Waals surface area contributed by atoms with Gasteiger partial charge in [-0.1, -0.05) is 0 Å². The van der Waals surface area contributed by atoms with Crippen molar-refractivity contribution in [1.82, 2.24) is 10.2 Å². The summed E-state index contributed by atoms with van der Waals surface area (Å²) < 4.78 is 38.0. The van der Waals surface area contributed by atoms with Crippen molar-refractivity contribution < 1.29 is 22.9 Å². The van der Waals surface area contributed by atoms with Gasteiger partial charge >= 0.3 is 6.18 Å². The molecule has 1 heterocycles. The van der Waals surface area contributed by atoms with Gasteiger partial charge in [-0.15, -0.1) is 0 Å². The number of carbonyl (C=O) groups is 1. The van der Waals surface area contributed by atoms with Crippen LogP contribution in [-0.4, -0.2) is 48.0 Å². The minimum absolute atomic E-state index is 0.0424. The monoisotopic (exact) mass is 360 g/mol. The number of nitrogens with one attached hydrogen (secondary N) is 2. The van der Waals surface area contributed by atoms with Crippen molar-refractivity contribution >= 4 is 17.3 Å². The highest BCUT2D eigenvalue weighted by molar-refractivity contribution is 5.77. The fraction of sp³-hybridized carbons (Fsp3) is 0.533. The van der Waals surface area contributed by atoms with E-state index >= 15 is 0 Å². The average molecular weight is 360 g/mol. The van der Waals surface area contributed by atoms with Crippen molar-refractivity contribution in [3.8, 4) is 0 Å². The van der Waals surface area contributed by atoms with E-state index in [1.807, 2.05) is 6.92 Å². The molecule has 0 saturated carbocycles. The summed E-state index contributed by atoms with van der Waals surface area (Å²) >= 11 is 0. The van der Waals surface area contributed by atoms with Crippen LogP contribution < -0.4 is 10.6 Å². The second-order valence-electron chi connectivity index (χ2n) is 5.80. The number of benzene rings is 1. The number of hydrogen-bond donors (Lipinski definition) is 2. The number of piperazine rings is 1. The summed E-state index contributed by atoms with van der Waals surface area (Å²) in [4.78, 5) is 24.0. The molecule has 0 radical (unpaired) electrons. The van der Waals surface area contributed by atoms with Crippen molar-refractivity contribution in [1.29, 1.82) is 0 Å². The van der Waals surface area contributed by atoms with Gasteiger partial charge in [0.05, 0.1) is 10.5 Å². The molecule has 1 amide bonds. The highest BCUT2D eigenvalue weighted by Gasteiger charge is 2.33. The Hall–Kier alpha value is -2.36. The number of hydrogen-bond acceptors (Lipinski definition) is 5. The molecule has 0 spiro atoms. The number of carbonyl (C=O) groups excluding carboxylic acids is 1. The first-order chi connectivity index (χ1) is 11.7. The van der Waals surface area contributed by atoms with E-state index in [0.29, 0.717) is 25.7 Å². The van der Waals surface area contributed by atoms with Crippen LogP contribution in [0.1, 0.15) is 18.9 Å². The van der Waals surface area contributed by atoms with Gasteiger partial charge in [0, 0.05) is 44.7 Å². The zero-order chi connectivity index (χ0) is 18.6. The van der Waals surface area contributed by atoms with Gasteiger partial charge in [0.1, 0.15) is 5.69 Å². The molecule has 10 heteroatoms. The van der Waals surface area contributed by atoms with Gasteiger partial charge in [-0.2, -0.15) is 13.2 Å². The predicted octanol–water partition coefficient (Wildman–Crippen LogP) is 2.24. The molecule has 1 aromatic rings. The van der Waals surface area contributed by atoms with E-state index in [2.05, 4.69) is 10.6 Å². The van der Waals surface area contributed by atoms with E-state index in [9.17, 15) is 28.1 Å². The van der Waals surface area contributed by atoms with Gasteiger partial charge < -0.3 is 15.5 Å². The number of anilines is 1. The highest BCUT2D eigenvalue weighted by atomic mass is 19.4. The van der Waals surface area contributed by atoms with Crippen LogP contribution in [0.3, 0.4) is 0 Å². The molecule has 0 aliphatic carbocycles. The lowest BCUT2D eigenvalue weighted by atomic mass is 10.1. The summed E-state index contributed by atoms with van der Waals surface area (Å²) in [5.41, 5.74) is -1.80. The van der Waals surface area contributed by atoms with Crippen molar-refractivity contribution in [2.75, 3.05) is 31.5 Å². The van der Waals surface area contributed by atoms with Crippen LogP contribution in [0.15, 0.2) is 18.2 Å².